The highest BCUT2D eigenvalue weighted by Crippen LogP contribution is 2.24. The Kier molecular flexibility index (Phi) is 3.70. The van der Waals surface area contributed by atoms with Crippen LogP contribution in [0.4, 0.5) is 0 Å². The molecular weight excluding hydrogens is 238 g/mol. The van der Waals surface area contributed by atoms with Crippen molar-refractivity contribution in [2.24, 2.45) is 0 Å². The number of carboxylic acids is 1. The maximum atomic E-state index is 10.6. The van der Waals surface area contributed by atoms with E-state index in [4.69, 9.17) is 14.3 Å². The molecule has 0 radical (unpaired) electrons. The Bertz CT molecular complexity index is 430. The number of carbonyl (C=O) groups is 1. The third-order valence-corrected chi connectivity index (χ3v) is 3.26. The molecule has 2 heterocycles. The maximum absolute atomic E-state index is 10.6. The van der Waals surface area contributed by atoms with E-state index >= 15 is 0 Å². The SMILES string of the molecule is CC1OCCC1(O)CNCc1ccc(C(=O)O)o1. The molecule has 2 unspecified atom stereocenters. The molecule has 1 aliphatic heterocycles. The van der Waals surface area contributed by atoms with Gasteiger partial charge in [0.15, 0.2) is 0 Å². The third kappa shape index (κ3) is 2.72. The van der Waals surface area contributed by atoms with Crippen LogP contribution in [0.15, 0.2) is 16.5 Å². The number of carboxylic acid groups (broad SMARTS) is 1. The van der Waals surface area contributed by atoms with Gasteiger partial charge in [0.05, 0.1) is 12.6 Å². The average molecular weight is 255 g/mol. The fourth-order valence-electron chi connectivity index (χ4n) is 1.99. The Morgan fingerprint density at radius 2 is 2.39 bits per heavy atom. The molecule has 1 aliphatic rings. The lowest BCUT2D eigenvalue weighted by molar-refractivity contribution is -0.0265. The molecule has 2 atom stereocenters. The van der Waals surface area contributed by atoms with Crippen LogP contribution in [0.25, 0.3) is 0 Å². The minimum atomic E-state index is -1.09. The highest BCUT2D eigenvalue weighted by atomic mass is 16.5. The van der Waals surface area contributed by atoms with Gasteiger partial charge in [0.25, 0.3) is 0 Å². The summed E-state index contributed by atoms with van der Waals surface area (Å²) in [5.41, 5.74) is -0.859. The van der Waals surface area contributed by atoms with Crippen LogP contribution >= 0.6 is 0 Å². The van der Waals surface area contributed by atoms with Crippen molar-refractivity contribution in [3.63, 3.8) is 0 Å². The van der Waals surface area contributed by atoms with Gasteiger partial charge in [-0.2, -0.15) is 0 Å². The normalized spacial score (nSPS) is 27.6. The summed E-state index contributed by atoms with van der Waals surface area (Å²) in [6, 6.07) is 3.02. The molecule has 0 bridgehead atoms. The van der Waals surface area contributed by atoms with E-state index in [9.17, 15) is 9.90 Å². The largest absolute Gasteiger partial charge is 0.475 e. The molecule has 0 amide bonds. The van der Waals surface area contributed by atoms with Gasteiger partial charge in [-0.25, -0.2) is 4.79 Å². The minimum absolute atomic E-state index is 0.0805. The summed E-state index contributed by atoms with van der Waals surface area (Å²) in [7, 11) is 0. The third-order valence-electron chi connectivity index (χ3n) is 3.26. The first-order valence-electron chi connectivity index (χ1n) is 5.88. The van der Waals surface area contributed by atoms with Crippen LogP contribution in [-0.4, -0.2) is 41.0 Å². The van der Waals surface area contributed by atoms with E-state index in [0.29, 0.717) is 31.9 Å². The molecule has 2 rings (SSSR count). The summed E-state index contributed by atoms with van der Waals surface area (Å²) < 4.78 is 10.4. The van der Waals surface area contributed by atoms with Crippen LogP contribution in [0.5, 0.6) is 0 Å². The summed E-state index contributed by atoms with van der Waals surface area (Å²) in [5.74, 6) is -0.636. The molecule has 6 nitrogen and oxygen atoms in total. The van der Waals surface area contributed by atoms with Crippen LogP contribution in [0.1, 0.15) is 29.7 Å². The molecule has 3 N–H and O–H groups in total. The van der Waals surface area contributed by atoms with Gasteiger partial charge in [0, 0.05) is 19.6 Å². The second-order valence-electron chi connectivity index (χ2n) is 4.54. The number of hydrogen-bond acceptors (Lipinski definition) is 5. The van der Waals surface area contributed by atoms with E-state index in [0.717, 1.165) is 0 Å². The Morgan fingerprint density at radius 1 is 1.61 bits per heavy atom. The lowest BCUT2D eigenvalue weighted by atomic mass is 9.97. The smallest absolute Gasteiger partial charge is 0.371 e. The second-order valence-corrected chi connectivity index (χ2v) is 4.54. The van der Waals surface area contributed by atoms with Crippen molar-refractivity contribution in [2.75, 3.05) is 13.2 Å². The van der Waals surface area contributed by atoms with Crippen molar-refractivity contribution in [2.45, 2.75) is 31.6 Å². The van der Waals surface area contributed by atoms with Crippen LogP contribution in [0.3, 0.4) is 0 Å². The number of rotatable bonds is 5. The van der Waals surface area contributed by atoms with Gasteiger partial charge in [-0.3, -0.25) is 0 Å². The van der Waals surface area contributed by atoms with Gasteiger partial charge in [-0.15, -0.1) is 0 Å². The van der Waals surface area contributed by atoms with Crippen LogP contribution < -0.4 is 5.32 Å². The zero-order valence-electron chi connectivity index (χ0n) is 10.2. The van der Waals surface area contributed by atoms with E-state index in [-0.39, 0.29) is 11.9 Å². The van der Waals surface area contributed by atoms with E-state index in [1.807, 2.05) is 6.92 Å². The van der Waals surface area contributed by atoms with Crippen molar-refractivity contribution in [1.29, 1.82) is 0 Å². The number of furan rings is 1. The fraction of sp³-hybridized carbons (Fsp3) is 0.583. The van der Waals surface area contributed by atoms with Crippen molar-refractivity contribution in [3.8, 4) is 0 Å². The predicted molar refractivity (Wildman–Crippen MR) is 62.4 cm³/mol. The van der Waals surface area contributed by atoms with E-state index in [1.54, 1.807) is 6.07 Å². The average Bonchev–Trinajstić information content (AvgIpc) is 2.88. The van der Waals surface area contributed by atoms with Crippen molar-refractivity contribution >= 4 is 5.97 Å². The summed E-state index contributed by atoms with van der Waals surface area (Å²) in [5, 5.41) is 22.0. The number of ether oxygens (including phenoxy) is 1. The zero-order chi connectivity index (χ0) is 13.2. The van der Waals surface area contributed by atoms with Crippen LogP contribution in [0.2, 0.25) is 0 Å². The molecule has 100 valence electrons. The predicted octanol–water partition coefficient (Wildman–Crippen LogP) is 0.607. The number of nitrogens with one attached hydrogen (secondary N) is 1. The molecule has 0 spiro atoms. The molecule has 0 aromatic carbocycles. The second kappa shape index (κ2) is 5.09. The molecule has 1 fully saturated rings. The Morgan fingerprint density at radius 3 is 2.94 bits per heavy atom. The van der Waals surface area contributed by atoms with Crippen molar-refractivity contribution in [3.05, 3.63) is 23.7 Å². The molecule has 1 saturated heterocycles. The summed E-state index contributed by atoms with van der Waals surface area (Å²) in [6.45, 7) is 3.16. The lowest BCUT2D eigenvalue weighted by Crippen LogP contribution is -2.45. The van der Waals surface area contributed by atoms with Crippen LogP contribution in [0, 0.1) is 0 Å². The van der Waals surface area contributed by atoms with E-state index < -0.39 is 11.6 Å². The zero-order valence-corrected chi connectivity index (χ0v) is 10.2. The maximum Gasteiger partial charge on any atom is 0.371 e. The summed E-state index contributed by atoms with van der Waals surface area (Å²) >= 11 is 0. The van der Waals surface area contributed by atoms with Crippen LogP contribution in [-0.2, 0) is 11.3 Å². The minimum Gasteiger partial charge on any atom is -0.475 e. The molecule has 1 aromatic heterocycles. The van der Waals surface area contributed by atoms with Gasteiger partial charge in [0.2, 0.25) is 5.76 Å². The molecule has 18 heavy (non-hydrogen) atoms. The standard InChI is InChI=1S/C12H17NO5/c1-8-12(16,4-5-17-8)7-13-6-9-2-3-10(18-9)11(14)15/h2-3,8,13,16H,4-7H2,1H3,(H,14,15). The number of hydrogen-bond donors (Lipinski definition) is 3. The molecule has 6 heteroatoms. The summed E-state index contributed by atoms with van der Waals surface area (Å²) in [4.78, 5) is 10.6. The Hall–Kier alpha value is -1.37. The van der Waals surface area contributed by atoms with E-state index in [1.165, 1.54) is 6.07 Å². The Balaban J connectivity index is 1.83. The Labute approximate surface area is 105 Å². The first kappa shape index (κ1) is 13.1. The first-order valence-corrected chi connectivity index (χ1v) is 5.88. The molecular formula is C12H17NO5. The van der Waals surface area contributed by atoms with Gasteiger partial charge in [0.1, 0.15) is 11.4 Å². The fourth-order valence-corrected chi connectivity index (χ4v) is 1.99. The van der Waals surface area contributed by atoms with Gasteiger partial charge in [-0.1, -0.05) is 0 Å². The molecule has 1 aromatic rings. The van der Waals surface area contributed by atoms with Gasteiger partial charge in [-0.05, 0) is 19.1 Å². The molecule has 0 saturated carbocycles. The number of aliphatic hydroxyl groups is 1. The monoisotopic (exact) mass is 255 g/mol. The highest BCUT2D eigenvalue weighted by molar-refractivity contribution is 5.84. The first-order chi connectivity index (χ1) is 8.51. The highest BCUT2D eigenvalue weighted by Gasteiger charge is 2.38. The number of aromatic carboxylic acids is 1. The van der Waals surface area contributed by atoms with E-state index in [2.05, 4.69) is 5.32 Å². The lowest BCUT2D eigenvalue weighted by Gasteiger charge is -2.26. The van der Waals surface area contributed by atoms with Crippen molar-refractivity contribution in [1.82, 2.24) is 5.32 Å². The topological polar surface area (TPSA) is 91.9 Å². The van der Waals surface area contributed by atoms with Gasteiger partial charge < -0.3 is 24.7 Å². The quantitative estimate of drug-likeness (QED) is 0.714. The summed E-state index contributed by atoms with van der Waals surface area (Å²) in [6.07, 6.45) is 0.399. The van der Waals surface area contributed by atoms with Gasteiger partial charge >= 0.3 is 5.97 Å². The molecule has 0 aliphatic carbocycles. The van der Waals surface area contributed by atoms with Crippen molar-refractivity contribution < 1.29 is 24.2 Å².